The minimum atomic E-state index is -0.299. The second kappa shape index (κ2) is 7.56. The third-order valence-corrected chi connectivity index (χ3v) is 3.65. The number of nitrogens with one attached hydrogen (secondary N) is 1. The highest BCUT2D eigenvalue weighted by Gasteiger charge is 2.16. The molecule has 0 heterocycles. The number of rotatable bonds is 4. The van der Waals surface area contributed by atoms with E-state index in [9.17, 15) is 9.59 Å². The van der Waals surface area contributed by atoms with E-state index in [-0.39, 0.29) is 18.4 Å². The summed E-state index contributed by atoms with van der Waals surface area (Å²) in [5, 5.41) is 11.5. The zero-order valence-corrected chi connectivity index (χ0v) is 14.0. The van der Waals surface area contributed by atoms with Crippen LogP contribution in [0, 0.1) is 11.3 Å². The van der Waals surface area contributed by atoms with E-state index >= 15 is 0 Å². The third kappa shape index (κ3) is 4.66. The molecule has 6 heteroatoms. The van der Waals surface area contributed by atoms with Crippen molar-refractivity contribution < 1.29 is 9.59 Å². The third-order valence-electron chi connectivity index (χ3n) is 3.12. The van der Waals surface area contributed by atoms with Crippen LogP contribution >= 0.6 is 15.9 Å². The summed E-state index contributed by atoms with van der Waals surface area (Å²) in [6.07, 6.45) is 0. The fraction of sp³-hybridized carbons (Fsp3) is 0.118. The molecular weight excluding hydrogens is 358 g/mol. The number of benzene rings is 2. The van der Waals surface area contributed by atoms with E-state index in [1.165, 1.54) is 11.8 Å². The van der Waals surface area contributed by atoms with Gasteiger partial charge in [0.25, 0.3) is 0 Å². The largest absolute Gasteiger partial charge is 0.325 e. The monoisotopic (exact) mass is 371 g/mol. The van der Waals surface area contributed by atoms with Crippen LogP contribution in [-0.2, 0) is 9.59 Å². The van der Waals surface area contributed by atoms with Crippen molar-refractivity contribution in [3.63, 3.8) is 0 Å². The molecule has 0 atom stereocenters. The van der Waals surface area contributed by atoms with Gasteiger partial charge in [-0.3, -0.25) is 9.59 Å². The normalized spacial score (nSPS) is 9.78. The van der Waals surface area contributed by atoms with Gasteiger partial charge in [0.05, 0.1) is 11.6 Å². The number of anilines is 2. The second-order valence-corrected chi connectivity index (χ2v) is 5.73. The molecule has 0 aliphatic heterocycles. The number of hydrogen-bond acceptors (Lipinski definition) is 3. The molecule has 2 amide bonds. The Morgan fingerprint density at radius 2 is 1.74 bits per heavy atom. The molecule has 2 rings (SSSR count). The van der Waals surface area contributed by atoms with Gasteiger partial charge in [-0.1, -0.05) is 15.9 Å². The Morgan fingerprint density at radius 1 is 1.13 bits per heavy atom. The molecule has 5 nitrogen and oxygen atoms in total. The molecule has 2 aromatic carbocycles. The lowest BCUT2D eigenvalue weighted by molar-refractivity contribution is -0.120. The molecule has 23 heavy (non-hydrogen) atoms. The maximum atomic E-state index is 12.1. The zero-order chi connectivity index (χ0) is 16.8. The summed E-state index contributed by atoms with van der Waals surface area (Å²) >= 11 is 3.32. The second-order valence-electron chi connectivity index (χ2n) is 4.82. The Kier molecular flexibility index (Phi) is 5.50. The van der Waals surface area contributed by atoms with E-state index in [1.807, 2.05) is 18.2 Å². The van der Waals surface area contributed by atoms with Gasteiger partial charge in [-0.2, -0.15) is 5.26 Å². The van der Waals surface area contributed by atoms with Crippen LogP contribution < -0.4 is 10.2 Å². The van der Waals surface area contributed by atoms with E-state index in [0.717, 1.165) is 4.47 Å². The number of hydrogen-bond donors (Lipinski definition) is 1. The Balaban J connectivity index is 2.09. The number of amides is 2. The SMILES string of the molecule is CC(=O)N(CC(=O)Nc1ccc(Br)cc1)c1ccc(C#N)cc1. The molecule has 2 aromatic rings. The Labute approximate surface area is 142 Å². The quantitative estimate of drug-likeness (QED) is 0.895. The standard InChI is InChI=1S/C17H14BrN3O2/c1-12(22)21(16-8-2-13(10-19)3-9-16)11-17(23)20-15-6-4-14(18)5-7-15/h2-9H,11H2,1H3,(H,20,23). The van der Waals surface area contributed by atoms with Crippen LogP contribution in [0.3, 0.4) is 0 Å². The summed E-state index contributed by atoms with van der Waals surface area (Å²) in [5.74, 6) is -0.549. The predicted molar refractivity (Wildman–Crippen MR) is 92.0 cm³/mol. The summed E-state index contributed by atoms with van der Waals surface area (Å²) in [7, 11) is 0. The molecule has 1 N–H and O–H groups in total. The lowest BCUT2D eigenvalue weighted by Crippen LogP contribution is -2.36. The van der Waals surface area contributed by atoms with Crippen LogP contribution in [0.1, 0.15) is 12.5 Å². The highest BCUT2D eigenvalue weighted by molar-refractivity contribution is 9.10. The van der Waals surface area contributed by atoms with Crippen molar-refractivity contribution in [3.8, 4) is 6.07 Å². The fourth-order valence-corrected chi connectivity index (χ4v) is 2.24. The number of carbonyl (C=O) groups excluding carboxylic acids is 2. The maximum absolute atomic E-state index is 12.1. The minimum Gasteiger partial charge on any atom is -0.325 e. The number of nitriles is 1. The molecule has 0 aliphatic rings. The van der Waals surface area contributed by atoms with E-state index in [2.05, 4.69) is 21.2 Å². The van der Waals surface area contributed by atoms with Crippen molar-refractivity contribution in [2.45, 2.75) is 6.92 Å². The number of halogens is 1. The summed E-state index contributed by atoms with van der Waals surface area (Å²) < 4.78 is 0.915. The molecule has 0 radical (unpaired) electrons. The van der Waals surface area contributed by atoms with Gasteiger partial charge in [0.2, 0.25) is 11.8 Å². The van der Waals surface area contributed by atoms with Gasteiger partial charge >= 0.3 is 0 Å². The van der Waals surface area contributed by atoms with Crippen molar-refractivity contribution >= 4 is 39.1 Å². The van der Waals surface area contributed by atoms with Gasteiger partial charge in [0, 0.05) is 22.8 Å². The maximum Gasteiger partial charge on any atom is 0.244 e. The smallest absolute Gasteiger partial charge is 0.244 e. The van der Waals surface area contributed by atoms with E-state index in [4.69, 9.17) is 5.26 Å². The molecule has 0 aromatic heterocycles. The average molecular weight is 372 g/mol. The molecule has 0 saturated heterocycles. The van der Waals surface area contributed by atoms with Crippen LogP contribution in [0.15, 0.2) is 53.0 Å². The van der Waals surface area contributed by atoms with Crippen LogP contribution in [0.25, 0.3) is 0 Å². The van der Waals surface area contributed by atoms with E-state index in [1.54, 1.807) is 36.4 Å². The Bertz CT molecular complexity index is 749. The molecular formula is C17H14BrN3O2. The first kappa shape index (κ1) is 16.7. The van der Waals surface area contributed by atoms with Crippen molar-refractivity contribution in [2.75, 3.05) is 16.8 Å². The van der Waals surface area contributed by atoms with Crippen LogP contribution in [-0.4, -0.2) is 18.4 Å². The van der Waals surface area contributed by atoms with Gasteiger partial charge in [-0.05, 0) is 48.5 Å². The first-order valence-corrected chi connectivity index (χ1v) is 7.62. The highest BCUT2D eigenvalue weighted by atomic mass is 79.9. The van der Waals surface area contributed by atoms with E-state index < -0.39 is 0 Å². The molecule has 0 aliphatic carbocycles. The van der Waals surface area contributed by atoms with Gasteiger partial charge in [0.15, 0.2) is 0 Å². The predicted octanol–water partition coefficient (Wildman–Crippen LogP) is 3.31. The number of carbonyl (C=O) groups is 2. The molecule has 116 valence electrons. The summed E-state index contributed by atoms with van der Waals surface area (Å²) in [6.45, 7) is 1.29. The van der Waals surface area contributed by atoms with Gasteiger partial charge in [0.1, 0.15) is 6.54 Å². The highest BCUT2D eigenvalue weighted by Crippen LogP contribution is 2.17. The number of nitrogens with zero attached hydrogens (tertiary/aromatic N) is 2. The topological polar surface area (TPSA) is 73.2 Å². The summed E-state index contributed by atoms with van der Waals surface area (Å²) in [5.41, 5.74) is 1.72. The zero-order valence-electron chi connectivity index (χ0n) is 12.4. The lowest BCUT2D eigenvalue weighted by atomic mass is 10.2. The molecule has 0 spiro atoms. The lowest BCUT2D eigenvalue weighted by Gasteiger charge is -2.20. The fourth-order valence-electron chi connectivity index (χ4n) is 1.98. The minimum absolute atomic E-state index is 0.0999. The molecule has 0 unspecified atom stereocenters. The summed E-state index contributed by atoms with van der Waals surface area (Å²) in [4.78, 5) is 25.3. The summed E-state index contributed by atoms with van der Waals surface area (Å²) in [6, 6.07) is 15.7. The van der Waals surface area contributed by atoms with Gasteiger partial charge in [-0.15, -0.1) is 0 Å². The average Bonchev–Trinajstić information content (AvgIpc) is 2.55. The van der Waals surface area contributed by atoms with Crippen molar-refractivity contribution in [3.05, 3.63) is 58.6 Å². The molecule has 0 bridgehead atoms. The van der Waals surface area contributed by atoms with E-state index in [0.29, 0.717) is 16.9 Å². The van der Waals surface area contributed by atoms with Gasteiger partial charge < -0.3 is 10.2 Å². The molecule has 0 fully saturated rings. The first-order chi connectivity index (χ1) is 11.0. The van der Waals surface area contributed by atoms with Crippen molar-refractivity contribution in [1.82, 2.24) is 0 Å². The molecule has 0 saturated carbocycles. The van der Waals surface area contributed by atoms with Crippen LogP contribution in [0.4, 0.5) is 11.4 Å². The van der Waals surface area contributed by atoms with Gasteiger partial charge in [-0.25, -0.2) is 0 Å². The Morgan fingerprint density at radius 3 is 2.26 bits per heavy atom. The van der Waals surface area contributed by atoms with Crippen LogP contribution in [0.2, 0.25) is 0 Å². The van der Waals surface area contributed by atoms with Crippen molar-refractivity contribution in [2.24, 2.45) is 0 Å². The van der Waals surface area contributed by atoms with Crippen molar-refractivity contribution in [1.29, 1.82) is 5.26 Å². The van der Waals surface area contributed by atoms with Crippen LogP contribution in [0.5, 0.6) is 0 Å². The Hall–Kier alpha value is -2.65. The first-order valence-electron chi connectivity index (χ1n) is 6.83.